The number of anilines is 1. The molecule has 1 aromatic heterocycles. The molecular formula is C29H28Cl2N4O7. The van der Waals surface area contributed by atoms with Gasteiger partial charge in [0.1, 0.15) is 24.1 Å². The second-order valence-electron chi connectivity index (χ2n) is 9.51. The van der Waals surface area contributed by atoms with Crippen molar-refractivity contribution in [1.29, 1.82) is 0 Å². The molecule has 13 heteroatoms. The second-order valence-corrected chi connectivity index (χ2v) is 10.3. The number of nitrogens with zero attached hydrogens (tertiary/aromatic N) is 2. The maximum absolute atomic E-state index is 13.2. The standard InChI is InChI=1S/C29H28Cl2N4O7/c1-2-13-41-29(40)33-23(28(38)39)16-19-15-22(34-42-19)24-7-4-12-35(24)25(36)14-17-8-10-18(11-9-17)32-27(37)26-20(30)5-3-6-21(26)31/h2-3,5-6,8-11,15,23-24H,1,4,7,12-14,16H2,(H,32,37)(H,33,40)(H,38,39). The number of halogens is 2. The zero-order valence-corrected chi connectivity index (χ0v) is 23.9. The van der Waals surface area contributed by atoms with Crippen LogP contribution < -0.4 is 10.6 Å². The van der Waals surface area contributed by atoms with Crippen LogP contribution in [0.1, 0.15) is 46.3 Å². The minimum atomic E-state index is -1.29. The average molecular weight is 615 g/mol. The normalized spacial score (nSPS) is 15.1. The van der Waals surface area contributed by atoms with E-state index in [0.29, 0.717) is 24.3 Å². The van der Waals surface area contributed by atoms with E-state index in [4.69, 9.17) is 32.5 Å². The maximum atomic E-state index is 13.2. The van der Waals surface area contributed by atoms with Crippen LogP contribution in [0.3, 0.4) is 0 Å². The molecule has 3 amide bonds. The first-order chi connectivity index (χ1) is 20.2. The number of benzene rings is 2. The van der Waals surface area contributed by atoms with Gasteiger partial charge >= 0.3 is 12.1 Å². The number of carboxylic acids is 1. The molecule has 0 radical (unpaired) electrons. The van der Waals surface area contributed by atoms with Crippen molar-refractivity contribution >= 4 is 52.8 Å². The van der Waals surface area contributed by atoms with Crippen molar-refractivity contribution in [2.75, 3.05) is 18.5 Å². The zero-order valence-electron chi connectivity index (χ0n) is 22.3. The van der Waals surface area contributed by atoms with Crippen LogP contribution >= 0.6 is 23.2 Å². The van der Waals surface area contributed by atoms with Crippen LogP contribution in [0.4, 0.5) is 10.5 Å². The Balaban J connectivity index is 1.36. The Hall–Kier alpha value is -4.35. The number of carbonyl (C=O) groups is 4. The highest BCUT2D eigenvalue weighted by atomic mass is 35.5. The van der Waals surface area contributed by atoms with E-state index >= 15 is 0 Å². The number of aromatic nitrogens is 1. The summed E-state index contributed by atoms with van der Waals surface area (Å²) in [7, 11) is 0. The highest BCUT2D eigenvalue weighted by Crippen LogP contribution is 2.32. The van der Waals surface area contributed by atoms with Crippen LogP contribution in [0.25, 0.3) is 0 Å². The van der Waals surface area contributed by atoms with Crippen molar-refractivity contribution in [3.63, 3.8) is 0 Å². The first kappa shape index (κ1) is 30.6. The zero-order chi connectivity index (χ0) is 30.2. The number of hydrogen-bond acceptors (Lipinski definition) is 7. The van der Waals surface area contributed by atoms with Gasteiger partial charge in [0.15, 0.2) is 0 Å². The Kier molecular flexibility index (Phi) is 10.2. The minimum Gasteiger partial charge on any atom is -0.480 e. The third-order valence-corrected chi connectivity index (χ3v) is 7.21. The molecule has 0 spiro atoms. The summed E-state index contributed by atoms with van der Waals surface area (Å²) in [6, 6.07) is 11.7. The summed E-state index contributed by atoms with van der Waals surface area (Å²) in [5.41, 5.74) is 1.95. The van der Waals surface area contributed by atoms with Gasteiger partial charge in [0.05, 0.1) is 28.1 Å². The molecule has 2 aromatic carbocycles. The van der Waals surface area contributed by atoms with Gasteiger partial charge in [-0.25, -0.2) is 9.59 Å². The van der Waals surface area contributed by atoms with Crippen molar-refractivity contribution in [1.82, 2.24) is 15.4 Å². The smallest absolute Gasteiger partial charge is 0.408 e. The van der Waals surface area contributed by atoms with Gasteiger partial charge in [-0.2, -0.15) is 0 Å². The number of carbonyl (C=O) groups excluding carboxylic acids is 3. The number of rotatable bonds is 11. The fourth-order valence-electron chi connectivity index (χ4n) is 4.57. The van der Waals surface area contributed by atoms with Gasteiger partial charge in [-0.1, -0.05) is 59.2 Å². The van der Waals surface area contributed by atoms with Crippen LogP contribution in [-0.2, 0) is 27.2 Å². The molecule has 0 bridgehead atoms. The highest BCUT2D eigenvalue weighted by molar-refractivity contribution is 6.40. The Morgan fingerprint density at radius 2 is 1.88 bits per heavy atom. The third-order valence-electron chi connectivity index (χ3n) is 6.58. The number of amides is 3. The van der Waals surface area contributed by atoms with Crippen molar-refractivity contribution < 1.29 is 33.5 Å². The van der Waals surface area contributed by atoms with Crippen LogP contribution in [0.5, 0.6) is 0 Å². The number of carboxylic acid groups (broad SMARTS) is 1. The topological polar surface area (TPSA) is 151 Å². The number of aliphatic carboxylic acids is 1. The monoisotopic (exact) mass is 614 g/mol. The van der Waals surface area contributed by atoms with Gasteiger partial charge < -0.3 is 29.9 Å². The number of hydrogen-bond donors (Lipinski definition) is 3. The van der Waals surface area contributed by atoms with Gasteiger partial charge in [-0.3, -0.25) is 9.59 Å². The second kappa shape index (κ2) is 14.0. The Bertz CT molecular complexity index is 1450. The molecule has 2 unspecified atom stereocenters. The Morgan fingerprint density at radius 1 is 1.17 bits per heavy atom. The van der Waals surface area contributed by atoms with E-state index in [1.165, 1.54) is 6.08 Å². The van der Waals surface area contributed by atoms with Gasteiger partial charge in [0, 0.05) is 24.7 Å². The Labute approximate surface area is 251 Å². The number of ether oxygens (including phenoxy) is 1. The van der Waals surface area contributed by atoms with Crippen LogP contribution in [0.2, 0.25) is 10.0 Å². The summed E-state index contributed by atoms with van der Waals surface area (Å²) in [6.07, 6.45) is 1.88. The third kappa shape index (κ3) is 7.68. The van der Waals surface area contributed by atoms with Gasteiger partial charge in [0.2, 0.25) is 5.91 Å². The van der Waals surface area contributed by atoms with Crippen molar-refractivity contribution in [2.45, 2.75) is 37.8 Å². The molecule has 0 aliphatic carbocycles. The van der Waals surface area contributed by atoms with Gasteiger partial charge in [0.25, 0.3) is 5.91 Å². The van der Waals surface area contributed by atoms with Gasteiger partial charge in [-0.15, -0.1) is 0 Å². The van der Waals surface area contributed by atoms with E-state index in [2.05, 4.69) is 22.4 Å². The lowest BCUT2D eigenvalue weighted by molar-refractivity contribution is -0.139. The molecule has 0 saturated carbocycles. The lowest BCUT2D eigenvalue weighted by atomic mass is 10.1. The molecule has 1 aliphatic rings. The van der Waals surface area contributed by atoms with Gasteiger partial charge in [-0.05, 0) is 42.7 Å². The molecule has 1 aliphatic heterocycles. The van der Waals surface area contributed by atoms with Crippen molar-refractivity contribution in [2.24, 2.45) is 0 Å². The average Bonchev–Trinajstić information content (AvgIpc) is 3.62. The molecule has 3 N–H and O–H groups in total. The first-order valence-electron chi connectivity index (χ1n) is 13.0. The SMILES string of the molecule is C=CCOC(=O)NC(Cc1cc(C2CCCN2C(=O)Cc2ccc(NC(=O)c3c(Cl)cccc3Cl)cc2)no1)C(=O)O. The lowest BCUT2D eigenvalue weighted by Gasteiger charge is -2.23. The molecule has 2 heterocycles. The van der Waals surface area contributed by atoms with E-state index in [-0.39, 0.29) is 52.8 Å². The van der Waals surface area contributed by atoms with Crippen LogP contribution in [0.15, 0.2) is 65.7 Å². The minimum absolute atomic E-state index is 0.0597. The predicted molar refractivity (Wildman–Crippen MR) is 155 cm³/mol. The van der Waals surface area contributed by atoms with Crippen LogP contribution in [0, 0.1) is 0 Å². The lowest BCUT2D eigenvalue weighted by Crippen LogP contribution is -2.42. The molecule has 11 nitrogen and oxygen atoms in total. The molecule has 1 fully saturated rings. The fraction of sp³-hybridized carbons (Fsp3) is 0.276. The van der Waals surface area contributed by atoms with E-state index in [1.807, 2.05) is 0 Å². The molecular weight excluding hydrogens is 587 g/mol. The summed E-state index contributed by atoms with van der Waals surface area (Å²) >= 11 is 12.2. The molecule has 220 valence electrons. The van der Waals surface area contributed by atoms with Crippen molar-refractivity contribution in [3.05, 3.63) is 93.8 Å². The summed E-state index contributed by atoms with van der Waals surface area (Å²) in [5.74, 6) is -1.58. The van der Waals surface area contributed by atoms with Crippen LogP contribution in [-0.4, -0.2) is 58.2 Å². The van der Waals surface area contributed by atoms with Crippen molar-refractivity contribution in [3.8, 4) is 0 Å². The first-order valence-corrected chi connectivity index (χ1v) is 13.8. The summed E-state index contributed by atoms with van der Waals surface area (Å²) < 4.78 is 10.1. The number of likely N-dealkylation sites (tertiary alicyclic amines) is 1. The molecule has 3 aromatic rings. The summed E-state index contributed by atoms with van der Waals surface area (Å²) in [4.78, 5) is 51.0. The van der Waals surface area contributed by atoms with E-state index < -0.39 is 24.0 Å². The number of nitrogens with one attached hydrogen (secondary N) is 2. The summed E-state index contributed by atoms with van der Waals surface area (Å²) in [5, 5.41) is 19.1. The molecule has 1 saturated heterocycles. The quantitative estimate of drug-likeness (QED) is 0.254. The highest BCUT2D eigenvalue weighted by Gasteiger charge is 2.33. The number of alkyl carbamates (subject to hydrolysis) is 1. The summed E-state index contributed by atoms with van der Waals surface area (Å²) in [6.45, 7) is 3.91. The molecule has 42 heavy (non-hydrogen) atoms. The Morgan fingerprint density at radius 3 is 2.55 bits per heavy atom. The van der Waals surface area contributed by atoms with E-state index in [1.54, 1.807) is 53.4 Å². The van der Waals surface area contributed by atoms with E-state index in [0.717, 1.165) is 12.0 Å². The molecule has 2 atom stereocenters. The fourth-order valence-corrected chi connectivity index (χ4v) is 5.13. The predicted octanol–water partition coefficient (Wildman–Crippen LogP) is 5.05. The van der Waals surface area contributed by atoms with E-state index in [9.17, 15) is 24.3 Å². The largest absolute Gasteiger partial charge is 0.480 e. The molecule has 4 rings (SSSR count). The maximum Gasteiger partial charge on any atom is 0.408 e.